The zero-order chi connectivity index (χ0) is 17.2. The van der Waals surface area contributed by atoms with Crippen molar-refractivity contribution in [3.63, 3.8) is 0 Å². The van der Waals surface area contributed by atoms with E-state index < -0.39 is 6.10 Å². The van der Waals surface area contributed by atoms with E-state index in [1.165, 1.54) is 0 Å². The van der Waals surface area contributed by atoms with Gasteiger partial charge in [0.15, 0.2) is 0 Å². The SMILES string of the molecule is CCC1CCC(C(=O)Nc2c(-c3ccncc3)nc3ccccn23)O1. The second kappa shape index (κ2) is 6.64. The predicted octanol–water partition coefficient (Wildman–Crippen LogP) is 3.29. The number of ether oxygens (including phenoxy) is 1. The molecule has 2 unspecified atom stereocenters. The second-order valence-electron chi connectivity index (χ2n) is 6.20. The summed E-state index contributed by atoms with van der Waals surface area (Å²) in [4.78, 5) is 21.4. The van der Waals surface area contributed by atoms with E-state index in [1.54, 1.807) is 12.4 Å². The first-order valence-corrected chi connectivity index (χ1v) is 8.60. The highest BCUT2D eigenvalue weighted by Crippen LogP contribution is 2.29. The Morgan fingerprint density at radius 3 is 2.88 bits per heavy atom. The number of anilines is 1. The summed E-state index contributed by atoms with van der Waals surface area (Å²) in [5, 5.41) is 3.03. The van der Waals surface area contributed by atoms with Crippen molar-refractivity contribution in [3.05, 3.63) is 48.9 Å². The number of carbonyl (C=O) groups excluding carboxylic acids is 1. The molecule has 1 amide bonds. The molecule has 1 aliphatic heterocycles. The standard InChI is InChI=1S/C19H20N4O2/c1-2-14-6-7-15(25-14)19(24)22-18-17(13-8-10-20-11-9-13)21-16-5-3-4-12-23(16)18/h3-5,8-12,14-15H,2,6-7H2,1H3,(H,22,24). The summed E-state index contributed by atoms with van der Waals surface area (Å²) < 4.78 is 7.72. The lowest BCUT2D eigenvalue weighted by Crippen LogP contribution is -2.28. The highest BCUT2D eigenvalue weighted by atomic mass is 16.5. The van der Waals surface area contributed by atoms with Crippen LogP contribution in [0.15, 0.2) is 48.9 Å². The Morgan fingerprint density at radius 2 is 2.12 bits per heavy atom. The van der Waals surface area contributed by atoms with E-state index in [-0.39, 0.29) is 12.0 Å². The van der Waals surface area contributed by atoms with Crippen LogP contribution >= 0.6 is 0 Å². The highest BCUT2D eigenvalue weighted by Gasteiger charge is 2.30. The summed E-state index contributed by atoms with van der Waals surface area (Å²) in [6.45, 7) is 2.08. The summed E-state index contributed by atoms with van der Waals surface area (Å²) in [7, 11) is 0. The molecule has 0 saturated carbocycles. The monoisotopic (exact) mass is 336 g/mol. The molecule has 1 saturated heterocycles. The molecule has 0 bridgehead atoms. The molecule has 3 aromatic heterocycles. The molecular formula is C19H20N4O2. The third kappa shape index (κ3) is 3.00. The molecular weight excluding hydrogens is 316 g/mol. The van der Waals surface area contributed by atoms with E-state index >= 15 is 0 Å². The first-order chi connectivity index (χ1) is 12.3. The quantitative estimate of drug-likeness (QED) is 0.794. The van der Waals surface area contributed by atoms with Crippen LogP contribution in [0.3, 0.4) is 0 Å². The molecule has 0 radical (unpaired) electrons. The Bertz CT molecular complexity index is 891. The molecule has 4 heterocycles. The third-order valence-electron chi connectivity index (χ3n) is 4.58. The Kier molecular flexibility index (Phi) is 4.19. The zero-order valence-electron chi connectivity index (χ0n) is 14.1. The second-order valence-corrected chi connectivity index (χ2v) is 6.20. The summed E-state index contributed by atoms with van der Waals surface area (Å²) in [6.07, 6.45) is 7.73. The van der Waals surface area contributed by atoms with Crippen molar-refractivity contribution in [2.75, 3.05) is 5.32 Å². The van der Waals surface area contributed by atoms with E-state index in [4.69, 9.17) is 4.74 Å². The molecule has 4 rings (SSSR count). The molecule has 25 heavy (non-hydrogen) atoms. The molecule has 1 aliphatic rings. The number of nitrogens with zero attached hydrogens (tertiary/aromatic N) is 3. The van der Waals surface area contributed by atoms with Crippen molar-refractivity contribution in [2.24, 2.45) is 0 Å². The largest absolute Gasteiger partial charge is 0.365 e. The lowest BCUT2D eigenvalue weighted by molar-refractivity contribution is -0.126. The predicted molar refractivity (Wildman–Crippen MR) is 95.2 cm³/mol. The van der Waals surface area contributed by atoms with Gasteiger partial charge in [0, 0.05) is 24.2 Å². The molecule has 128 valence electrons. The van der Waals surface area contributed by atoms with Gasteiger partial charge in [-0.3, -0.25) is 14.2 Å². The van der Waals surface area contributed by atoms with Gasteiger partial charge >= 0.3 is 0 Å². The zero-order valence-corrected chi connectivity index (χ0v) is 14.1. The van der Waals surface area contributed by atoms with Gasteiger partial charge in [0.2, 0.25) is 0 Å². The average Bonchev–Trinajstić information content (AvgIpc) is 3.28. The van der Waals surface area contributed by atoms with Crippen LogP contribution in [-0.2, 0) is 9.53 Å². The number of aromatic nitrogens is 3. The van der Waals surface area contributed by atoms with Crippen LogP contribution < -0.4 is 5.32 Å². The van der Waals surface area contributed by atoms with Gasteiger partial charge in [-0.1, -0.05) is 13.0 Å². The number of amides is 1. The maximum Gasteiger partial charge on any atom is 0.254 e. The number of fused-ring (bicyclic) bond motifs is 1. The van der Waals surface area contributed by atoms with E-state index in [9.17, 15) is 4.79 Å². The van der Waals surface area contributed by atoms with Crippen LogP contribution in [0, 0.1) is 0 Å². The lowest BCUT2D eigenvalue weighted by atomic mass is 10.1. The number of carbonyl (C=O) groups is 1. The normalized spacial score (nSPS) is 20.0. The van der Waals surface area contributed by atoms with Crippen molar-refractivity contribution in [2.45, 2.75) is 38.4 Å². The minimum atomic E-state index is -0.399. The summed E-state index contributed by atoms with van der Waals surface area (Å²) in [6, 6.07) is 9.53. The number of nitrogens with one attached hydrogen (secondary N) is 1. The van der Waals surface area contributed by atoms with Crippen molar-refractivity contribution < 1.29 is 9.53 Å². The van der Waals surface area contributed by atoms with Gasteiger partial charge in [-0.05, 0) is 43.5 Å². The number of pyridine rings is 2. The van der Waals surface area contributed by atoms with Crippen LogP contribution in [0.1, 0.15) is 26.2 Å². The fraction of sp³-hybridized carbons (Fsp3) is 0.316. The molecule has 0 aromatic carbocycles. The maximum absolute atomic E-state index is 12.7. The van der Waals surface area contributed by atoms with E-state index in [0.717, 1.165) is 36.2 Å². The average molecular weight is 336 g/mol. The van der Waals surface area contributed by atoms with Crippen molar-refractivity contribution in [1.29, 1.82) is 0 Å². The topological polar surface area (TPSA) is 68.5 Å². The van der Waals surface area contributed by atoms with E-state index in [1.807, 2.05) is 40.9 Å². The van der Waals surface area contributed by atoms with E-state index in [2.05, 4.69) is 22.2 Å². The van der Waals surface area contributed by atoms with Crippen molar-refractivity contribution in [3.8, 4) is 11.3 Å². The van der Waals surface area contributed by atoms with Gasteiger partial charge in [-0.25, -0.2) is 4.98 Å². The number of rotatable bonds is 4. The highest BCUT2D eigenvalue weighted by molar-refractivity contribution is 5.97. The molecule has 1 N–H and O–H groups in total. The molecule has 6 nitrogen and oxygen atoms in total. The summed E-state index contributed by atoms with van der Waals surface area (Å²) in [5.74, 6) is 0.548. The Labute approximate surface area is 145 Å². The van der Waals surface area contributed by atoms with Crippen LogP contribution in [0.25, 0.3) is 16.9 Å². The Morgan fingerprint density at radius 1 is 1.28 bits per heavy atom. The number of hydrogen-bond acceptors (Lipinski definition) is 4. The van der Waals surface area contributed by atoms with Gasteiger partial charge in [0.05, 0.1) is 6.10 Å². The third-order valence-corrected chi connectivity index (χ3v) is 4.58. The van der Waals surface area contributed by atoms with Gasteiger partial charge in [0.1, 0.15) is 23.3 Å². The molecule has 1 fully saturated rings. The Balaban J connectivity index is 1.69. The maximum atomic E-state index is 12.7. The fourth-order valence-electron chi connectivity index (χ4n) is 3.22. The van der Waals surface area contributed by atoms with Gasteiger partial charge < -0.3 is 10.1 Å². The van der Waals surface area contributed by atoms with Crippen LogP contribution in [0.5, 0.6) is 0 Å². The first-order valence-electron chi connectivity index (χ1n) is 8.60. The smallest absolute Gasteiger partial charge is 0.254 e. The van der Waals surface area contributed by atoms with Gasteiger partial charge in [-0.15, -0.1) is 0 Å². The van der Waals surface area contributed by atoms with Crippen LogP contribution in [0.4, 0.5) is 5.82 Å². The molecule has 6 heteroatoms. The number of imidazole rings is 1. The van der Waals surface area contributed by atoms with Gasteiger partial charge in [0.25, 0.3) is 5.91 Å². The summed E-state index contributed by atoms with van der Waals surface area (Å²) in [5.41, 5.74) is 2.42. The first kappa shape index (κ1) is 15.8. The molecule has 0 spiro atoms. The van der Waals surface area contributed by atoms with Gasteiger partial charge in [-0.2, -0.15) is 0 Å². The summed E-state index contributed by atoms with van der Waals surface area (Å²) >= 11 is 0. The molecule has 2 atom stereocenters. The van der Waals surface area contributed by atoms with E-state index in [0.29, 0.717) is 5.82 Å². The Hall–Kier alpha value is -2.73. The van der Waals surface area contributed by atoms with Crippen LogP contribution in [-0.4, -0.2) is 32.5 Å². The minimum absolute atomic E-state index is 0.114. The van der Waals surface area contributed by atoms with Crippen LogP contribution in [0.2, 0.25) is 0 Å². The fourth-order valence-corrected chi connectivity index (χ4v) is 3.22. The lowest BCUT2D eigenvalue weighted by Gasteiger charge is -2.13. The molecule has 0 aliphatic carbocycles. The minimum Gasteiger partial charge on any atom is -0.365 e. The number of hydrogen-bond donors (Lipinski definition) is 1. The molecule has 3 aromatic rings. The van der Waals surface area contributed by atoms with Crippen molar-refractivity contribution in [1.82, 2.24) is 14.4 Å². The van der Waals surface area contributed by atoms with Crippen molar-refractivity contribution >= 4 is 17.4 Å².